The number of rotatable bonds is 10. The first-order chi connectivity index (χ1) is 13.7. The molecular weight excluding hydrogens is 368 g/mol. The first-order valence-corrected chi connectivity index (χ1v) is 10.1. The summed E-state index contributed by atoms with van der Waals surface area (Å²) >= 11 is 0. The maximum absolute atomic E-state index is 5.63. The van der Waals surface area contributed by atoms with Gasteiger partial charge >= 0.3 is 0 Å². The zero-order chi connectivity index (χ0) is 22.0. The lowest BCUT2D eigenvalue weighted by Gasteiger charge is -2.29. The predicted molar refractivity (Wildman–Crippen MR) is 120 cm³/mol. The molecule has 2 N–H and O–H groups in total. The smallest absolute Gasteiger partial charge is 0.191 e. The van der Waals surface area contributed by atoms with Crippen molar-refractivity contribution in [1.29, 1.82) is 0 Å². The molecule has 166 valence electrons. The molecule has 0 aromatic heterocycles. The van der Waals surface area contributed by atoms with Crippen molar-refractivity contribution in [3.8, 4) is 11.5 Å². The van der Waals surface area contributed by atoms with Crippen LogP contribution in [0.2, 0.25) is 0 Å². The van der Waals surface area contributed by atoms with Crippen LogP contribution in [0, 0.1) is 5.41 Å². The summed E-state index contributed by atoms with van der Waals surface area (Å²) in [5, 5.41) is 6.79. The number of nitrogens with one attached hydrogen (secondary N) is 2. The zero-order valence-corrected chi connectivity index (χ0v) is 19.6. The Morgan fingerprint density at radius 2 is 1.72 bits per heavy atom. The van der Waals surface area contributed by atoms with Gasteiger partial charge in [-0.3, -0.25) is 4.99 Å². The number of ether oxygens (including phenoxy) is 3. The van der Waals surface area contributed by atoms with Gasteiger partial charge < -0.3 is 29.7 Å². The van der Waals surface area contributed by atoms with E-state index in [1.165, 1.54) is 0 Å². The van der Waals surface area contributed by atoms with Gasteiger partial charge in [0.05, 0.1) is 32.9 Å². The summed E-state index contributed by atoms with van der Waals surface area (Å²) in [6.45, 7) is 10.6. The van der Waals surface area contributed by atoms with E-state index >= 15 is 0 Å². The van der Waals surface area contributed by atoms with Gasteiger partial charge in [-0.2, -0.15) is 0 Å². The number of benzene rings is 1. The fraction of sp³-hybridized carbons (Fsp3) is 0.682. The molecule has 0 aliphatic heterocycles. The summed E-state index contributed by atoms with van der Waals surface area (Å²) in [6, 6.07) is 6.17. The lowest BCUT2D eigenvalue weighted by molar-refractivity contribution is 0.0241. The van der Waals surface area contributed by atoms with Gasteiger partial charge in [-0.05, 0) is 44.1 Å². The molecule has 0 saturated heterocycles. The molecule has 1 aromatic carbocycles. The van der Waals surface area contributed by atoms with Gasteiger partial charge in [0.2, 0.25) is 0 Å². The second-order valence-electron chi connectivity index (χ2n) is 8.28. The maximum Gasteiger partial charge on any atom is 0.191 e. The van der Waals surface area contributed by atoms with Gasteiger partial charge in [0.25, 0.3) is 0 Å². The summed E-state index contributed by atoms with van der Waals surface area (Å²) in [6.07, 6.45) is 0.0495. The van der Waals surface area contributed by atoms with Crippen molar-refractivity contribution < 1.29 is 14.2 Å². The summed E-state index contributed by atoms with van der Waals surface area (Å²) in [5.74, 6) is 2.24. The van der Waals surface area contributed by atoms with E-state index in [1.54, 1.807) is 21.3 Å². The minimum atomic E-state index is 0.0292. The molecule has 1 rings (SSSR count). The number of hydrogen-bond acceptors (Lipinski definition) is 5. The van der Waals surface area contributed by atoms with E-state index in [-0.39, 0.29) is 17.6 Å². The van der Waals surface area contributed by atoms with Gasteiger partial charge in [-0.1, -0.05) is 26.8 Å². The number of likely N-dealkylation sites (N-methyl/N-ethyl adjacent to an activating group) is 1. The van der Waals surface area contributed by atoms with Crippen LogP contribution < -0.4 is 20.1 Å². The normalized spacial score (nSPS) is 14.5. The van der Waals surface area contributed by atoms with E-state index in [0.29, 0.717) is 13.1 Å². The molecule has 0 saturated carbocycles. The number of methoxy groups -OCH3 is 3. The standard InChI is InChI=1S/C22H40N4O3/c1-10-23-21(25-15-20(29-9)22(2,3)4)24-14-17(26(5)6)16-11-12-18(27-7)19(13-16)28-8/h11-13,17,20H,10,14-15H2,1-9H3,(H2,23,24,25). The predicted octanol–water partition coefficient (Wildman–Crippen LogP) is 2.92. The number of nitrogens with zero attached hydrogens (tertiary/aromatic N) is 2. The molecule has 0 fully saturated rings. The second kappa shape index (κ2) is 11.9. The van der Waals surface area contributed by atoms with Crippen LogP contribution in [0.3, 0.4) is 0 Å². The molecule has 0 aliphatic rings. The van der Waals surface area contributed by atoms with Crippen molar-refractivity contribution in [3.63, 3.8) is 0 Å². The van der Waals surface area contributed by atoms with Crippen LogP contribution >= 0.6 is 0 Å². The fourth-order valence-electron chi connectivity index (χ4n) is 3.07. The molecule has 7 nitrogen and oxygen atoms in total. The minimum Gasteiger partial charge on any atom is -0.493 e. The number of hydrogen-bond donors (Lipinski definition) is 2. The van der Waals surface area contributed by atoms with Crippen LogP contribution in [0.25, 0.3) is 0 Å². The van der Waals surface area contributed by atoms with Gasteiger partial charge in [0.15, 0.2) is 17.5 Å². The highest BCUT2D eigenvalue weighted by molar-refractivity contribution is 5.79. The Balaban J connectivity index is 2.95. The van der Waals surface area contributed by atoms with Crippen molar-refractivity contribution >= 4 is 5.96 Å². The van der Waals surface area contributed by atoms with Crippen LogP contribution in [0.15, 0.2) is 23.2 Å². The molecule has 2 atom stereocenters. The Labute approximate surface area is 176 Å². The van der Waals surface area contributed by atoms with E-state index in [1.807, 2.05) is 12.1 Å². The maximum atomic E-state index is 5.63. The Kier molecular flexibility index (Phi) is 10.3. The third-order valence-electron chi connectivity index (χ3n) is 4.89. The van der Waals surface area contributed by atoms with Crippen LogP contribution in [0.1, 0.15) is 39.3 Å². The SMILES string of the molecule is CCNC(=NCC(OC)C(C)(C)C)NCC(c1ccc(OC)c(OC)c1)N(C)C. The molecule has 0 amide bonds. The third-order valence-corrected chi connectivity index (χ3v) is 4.89. The first-order valence-electron chi connectivity index (χ1n) is 10.1. The van der Waals surface area contributed by atoms with Crippen molar-refractivity contribution in [2.45, 2.75) is 39.8 Å². The van der Waals surface area contributed by atoms with Crippen LogP contribution in [-0.2, 0) is 4.74 Å². The van der Waals surface area contributed by atoms with Gasteiger partial charge in [0.1, 0.15) is 0 Å². The molecule has 1 aromatic rings. The van der Waals surface area contributed by atoms with Gasteiger partial charge in [0, 0.05) is 20.2 Å². The highest BCUT2D eigenvalue weighted by Crippen LogP contribution is 2.31. The third kappa shape index (κ3) is 7.74. The van der Waals surface area contributed by atoms with Crippen molar-refractivity contribution in [1.82, 2.24) is 15.5 Å². The molecule has 0 radical (unpaired) electrons. The monoisotopic (exact) mass is 408 g/mol. The van der Waals surface area contributed by atoms with Crippen LogP contribution in [0.5, 0.6) is 11.5 Å². The highest BCUT2D eigenvalue weighted by atomic mass is 16.5. The lowest BCUT2D eigenvalue weighted by Crippen LogP contribution is -2.42. The van der Waals surface area contributed by atoms with Gasteiger partial charge in [-0.15, -0.1) is 0 Å². The average molecular weight is 409 g/mol. The van der Waals surface area contributed by atoms with Crippen molar-refractivity contribution in [2.75, 3.05) is 55.1 Å². The molecule has 2 unspecified atom stereocenters. The summed E-state index contributed by atoms with van der Waals surface area (Å²) in [5.41, 5.74) is 1.17. The van der Waals surface area contributed by atoms with E-state index in [9.17, 15) is 0 Å². The molecule has 29 heavy (non-hydrogen) atoms. The fourth-order valence-corrected chi connectivity index (χ4v) is 3.07. The Morgan fingerprint density at radius 1 is 1.07 bits per heavy atom. The van der Waals surface area contributed by atoms with E-state index in [2.05, 4.69) is 63.4 Å². The van der Waals surface area contributed by atoms with Crippen molar-refractivity contribution in [3.05, 3.63) is 23.8 Å². The topological polar surface area (TPSA) is 67.4 Å². The minimum absolute atomic E-state index is 0.0292. The first kappa shape index (κ1) is 25.0. The molecular formula is C22H40N4O3. The second-order valence-corrected chi connectivity index (χ2v) is 8.28. The van der Waals surface area contributed by atoms with E-state index in [4.69, 9.17) is 19.2 Å². The highest BCUT2D eigenvalue weighted by Gasteiger charge is 2.24. The Bertz CT molecular complexity index is 641. The molecule has 7 heteroatoms. The number of guanidine groups is 1. The molecule has 0 bridgehead atoms. The Morgan fingerprint density at radius 3 is 2.21 bits per heavy atom. The Hall–Kier alpha value is -1.99. The average Bonchev–Trinajstić information content (AvgIpc) is 2.66. The summed E-state index contributed by atoms with van der Waals surface area (Å²) in [4.78, 5) is 6.91. The van der Waals surface area contributed by atoms with Crippen molar-refractivity contribution in [2.24, 2.45) is 10.4 Å². The molecule has 0 aliphatic carbocycles. The van der Waals surface area contributed by atoms with Gasteiger partial charge in [-0.25, -0.2) is 0 Å². The van der Waals surface area contributed by atoms with E-state index < -0.39 is 0 Å². The molecule has 0 heterocycles. The zero-order valence-electron chi connectivity index (χ0n) is 19.6. The summed E-state index contributed by atoms with van der Waals surface area (Å²) < 4.78 is 16.5. The summed E-state index contributed by atoms with van der Waals surface area (Å²) in [7, 11) is 9.17. The number of aliphatic imine (C=N–C) groups is 1. The quantitative estimate of drug-likeness (QED) is 0.458. The van der Waals surface area contributed by atoms with Crippen LogP contribution in [-0.4, -0.2) is 72.0 Å². The van der Waals surface area contributed by atoms with E-state index in [0.717, 1.165) is 29.6 Å². The largest absolute Gasteiger partial charge is 0.493 e. The lowest BCUT2D eigenvalue weighted by atomic mass is 9.89. The van der Waals surface area contributed by atoms with Crippen LogP contribution in [0.4, 0.5) is 0 Å². The molecule has 0 spiro atoms.